The van der Waals surface area contributed by atoms with E-state index < -0.39 is 10.8 Å². The Morgan fingerprint density at radius 2 is 1.77 bits per heavy atom. The number of hydrazone groups is 1. The van der Waals surface area contributed by atoms with Crippen LogP contribution in [0, 0.1) is 15.9 Å². The molecule has 31 heavy (non-hydrogen) atoms. The average molecular weight is 416 g/mol. The number of nitro groups is 1. The molecule has 0 aliphatic carbocycles. The summed E-state index contributed by atoms with van der Waals surface area (Å²) in [4.78, 5) is 22.4. The van der Waals surface area contributed by atoms with Crippen molar-refractivity contribution in [1.82, 2.24) is 9.99 Å². The molecule has 0 unspecified atom stereocenters. The van der Waals surface area contributed by atoms with Gasteiger partial charge in [-0.05, 0) is 24.3 Å². The minimum absolute atomic E-state index is 0.0947. The van der Waals surface area contributed by atoms with Crippen molar-refractivity contribution in [3.05, 3.63) is 112 Å². The maximum absolute atomic E-state index is 14.1. The van der Waals surface area contributed by atoms with Gasteiger partial charge in [0.05, 0.1) is 17.7 Å². The Kier molecular flexibility index (Phi) is 5.53. The Morgan fingerprint density at radius 3 is 2.52 bits per heavy atom. The third-order valence-electron chi connectivity index (χ3n) is 4.83. The monoisotopic (exact) mass is 416 g/mol. The molecule has 1 N–H and O–H groups in total. The number of hydrogen-bond acceptors (Lipinski definition) is 4. The first-order chi connectivity index (χ1) is 15.0. The molecule has 154 valence electrons. The molecule has 0 aliphatic rings. The van der Waals surface area contributed by atoms with E-state index in [4.69, 9.17) is 0 Å². The minimum Gasteiger partial charge on any atom is -0.342 e. The standard InChI is InChI=1S/C23H17FN4O3/c24-21-7-3-1-5-17(21)14-27-15-18(20-6-2-4-8-22(20)27)13-25-26-23(29)16-9-11-19(12-10-16)28(30)31/h1-13,15H,14H2,(H,26,29)/b25-13+. The van der Waals surface area contributed by atoms with Gasteiger partial charge in [0.1, 0.15) is 5.82 Å². The van der Waals surface area contributed by atoms with Gasteiger partial charge in [0.15, 0.2) is 0 Å². The molecule has 1 heterocycles. The summed E-state index contributed by atoms with van der Waals surface area (Å²) in [6.07, 6.45) is 3.36. The lowest BCUT2D eigenvalue weighted by molar-refractivity contribution is -0.384. The van der Waals surface area contributed by atoms with Crippen LogP contribution < -0.4 is 5.43 Å². The molecule has 0 saturated carbocycles. The number of non-ortho nitro benzene ring substituents is 1. The Morgan fingerprint density at radius 1 is 1.06 bits per heavy atom. The minimum atomic E-state index is -0.531. The molecule has 8 heteroatoms. The molecule has 4 aromatic rings. The van der Waals surface area contributed by atoms with Gasteiger partial charge in [-0.15, -0.1) is 0 Å². The highest BCUT2D eigenvalue weighted by atomic mass is 19.1. The van der Waals surface area contributed by atoms with Crippen molar-refractivity contribution in [2.24, 2.45) is 5.10 Å². The highest BCUT2D eigenvalue weighted by molar-refractivity contribution is 6.00. The lowest BCUT2D eigenvalue weighted by atomic mass is 10.2. The van der Waals surface area contributed by atoms with Crippen LogP contribution in [-0.4, -0.2) is 21.6 Å². The molecule has 0 aliphatic heterocycles. The van der Waals surface area contributed by atoms with Crippen LogP contribution in [-0.2, 0) is 6.54 Å². The topological polar surface area (TPSA) is 89.5 Å². The van der Waals surface area contributed by atoms with E-state index in [2.05, 4.69) is 10.5 Å². The van der Waals surface area contributed by atoms with Crippen LogP contribution in [0.4, 0.5) is 10.1 Å². The molecular weight excluding hydrogens is 399 g/mol. The van der Waals surface area contributed by atoms with E-state index in [1.165, 1.54) is 36.5 Å². The van der Waals surface area contributed by atoms with E-state index >= 15 is 0 Å². The van der Waals surface area contributed by atoms with Crippen LogP contribution in [0.25, 0.3) is 10.9 Å². The third kappa shape index (κ3) is 4.32. The predicted molar refractivity (Wildman–Crippen MR) is 116 cm³/mol. The van der Waals surface area contributed by atoms with Crippen LogP contribution in [0.3, 0.4) is 0 Å². The second-order valence-electron chi connectivity index (χ2n) is 6.82. The molecule has 0 saturated heterocycles. The molecule has 0 atom stereocenters. The van der Waals surface area contributed by atoms with Crippen LogP contribution in [0.5, 0.6) is 0 Å². The molecule has 0 bridgehead atoms. The van der Waals surface area contributed by atoms with Gasteiger partial charge in [0, 0.05) is 45.9 Å². The van der Waals surface area contributed by atoms with E-state index in [0.29, 0.717) is 12.1 Å². The fraction of sp³-hybridized carbons (Fsp3) is 0.0435. The van der Waals surface area contributed by atoms with Crippen molar-refractivity contribution in [3.63, 3.8) is 0 Å². The number of benzene rings is 3. The lowest BCUT2D eigenvalue weighted by Gasteiger charge is -2.06. The number of carbonyl (C=O) groups is 1. The van der Waals surface area contributed by atoms with Crippen molar-refractivity contribution in [3.8, 4) is 0 Å². The van der Waals surface area contributed by atoms with Gasteiger partial charge in [-0.25, -0.2) is 9.82 Å². The van der Waals surface area contributed by atoms with Crippen LogP contribution in [0.2, 0.25) is 0 Å². The predicted octanol–water partition coefficient (Wildman–Crippen LogP) is 4.50. The summed E-state index contributed by atoms with van der Waals surface area (Å²) < 4.78 is 16.0. The van der Waals surface area contributed by atoms with Gasteiger partial charge in [-0.3, -0.25) is 14.9 Å². The van der Waals surface area contributed by atoms with Crippen molar-refractivity contribution >= 4 is 28.7 Å². The number of carbonyl (C=O) groups excluding carboxylic acids is 1. The average Bonchev–Trinajstić information content (AvgIpc) is 3.13. The maximum Gasteiger partial charge on any atom is 0.271 e. The van der Waals surface area contributed by atoms with E-state index in [1.807, 2.05) is 35.0 Å². The van der Waals surface area contributed by atoms with Gasteiger partial charge >= 0.3 is 0 Å². The zero-order valence-corrected chi connectivity index (χ0v) is 16.2. The Hall–Kier alpha value is -4.33. The number of amides is 1. The molecule has 1 aromatic heterocycles. The van der Waals surface area contributed by atoms with Gasteiger partial charge in [0.2, 0.25) is 0 Å². The summed E-state index contributed by atoms with van der Waals surface area (Å²) in [5.41, 5.74) is 4.82. The largest absolute Gasteiger partial charge is 0.342 e. The number of nitro benzene ring substituents is 1. The first-order valence-corrected chi connectivity index (χ1v) is 9.42. The number of nitrogens with one attached hydrogen (secondary N) is 1. The normalized spacial score (nSPS) is 11.1. The summed E-state index contributed by atoms with van der Waals surface area (Å²) in [5.74, 6) is -0.757. The van der Waals surface area contributed by atoms with Gasteiger partial charge in [-0.1, -0.05) is 36.4 Å². The van der Waals surface area contributed by atoms with Crippen LogP contribution in [0.15, 0.2) is 84.1 Å². The number of fused-ring (bicyclic) bond motifs is 1. The van der Waals surface area contributed by atoms with E-state index in [1.54, 1.807) is 18.2 Å². The van der Waals surface area contributed by atoms with Crippen LogP contribution >= 0.6 is 0 Å². The number of hydrogen-bond donors (Lipinski definition) is 1. The second kappa shape index (κ2) is 8.58. The molecule has 1 amide bonds. The van der Waals surface area contributed by atoms with Gasteiger partial charge < -0.3 is 4.57 Å². The number of nitrogens with zero attached hydrogens (tertiary/aromatic N) is 3. The molecule has 0 radical (unpaired) electrons. The van der Waals surface area contributed by atoms with Crippen molar-refractivity contribution in [2.75, 3.05) is 0 Å². The van der Waals surface area contributed by atoms with E-state index in [9.17, 15) is 19.3 Å². The molecule has 0 spiro atoms. The van der Waals surface area contributed by atoms with E-state index in [-0.39, 0.29) is 17.1 Å². The number of aromatic nitrogens is 1. The Bertz CT molecular complexity index is 1300. The van der Waals surface area contributed by atoms with Crippen molar-refractivity contribution in [1.29, 1.82) is 0 Å². The van der Waals surface area contributed by atoms with E-state index in [0.717, 1.165) is 16.5 Å². The molecule has 3 aromatic carbocycles. The number of para-hydroxylation sites is 1. The summed E-state index contributed by atoms with van der Waals surface area (Å²) in [6.45, 7) is 0.357. The maximum atomic E-state index is 14.1. The fourth-order valence-corrected chi connectivity index (χ4v) is 3.28. The summed E-state index contributed by atoms with van der Waals surface area (Å²) in [5, 5.41) is 15.6. The zero-order valence-electron chi connectivity index (χ0n) is 16.2. The third-order valence-corrected chi connectivity index (χ3v) is 4.83. The summed E-state index contributed by atoms with van der Waals surface area (Å²) >= 11 is 0. The van der Waals surface area contributed by atoms with Gasteiger partial charge in [-0.2, -0.15) is 5.10 Å². The molecule has 0 fully saturated rings. The fourth-order valence-electron chi connectivity index (χ4n) is 3.28. The number of halogens is 1. The first-order valence-electron chi connectivity index (χ1n) is 9.42. The highest BCUT2D eigenvalue weighted by Crippen LogP contribution is 2.22. The van der Waals surface area contributed by atoms with Crippen LogP contribution in [0.1, 0.15) is 21.5 Å². The SMILES string of the molecule is O=C(N/N=C/c1cn(Cc2ccccc2F)c2ccccc12)c1ccc([N+](=O)[O-])cc1. The first kappa shape index (κ1) is 20.0. The second-order valence-corrected chi connectivity index (χ2v) is 6.82. The molecule has 4 rings (SSSR count). The van der Waals surface area contributed by atoms with Gasteiger partial charge in [0.25, 0.3) is 11.6 Å². The summed E-state index contributed by atoms with van der Waals surface area (Å²) in [7, 11) is 0. The number of rotatable bonds is 6. The van der Waals surface area contributed by atoms with Crippen molar-refractivity contribution < 1.29 is 14.1 Å². The lowest BCUT2D eigenvalue weighted by Crippen LogP contribution is -2.17. The summed E-state index contributed by atoms with van der Waals surface area (Å²) in [6, 6.07) is 19.5. The van der Waals surface area contributed by atoms with Crippen molar-refractivity contribution in [2.45, 2.75) is 6.54 Å². The highest BCUT2D eigenvalue weighted by Gasteiger charge is 2.11. The molecular formula is C23H17FN4O3. The molecule has 7 nitrogen and oxygen atoms in total. The zero-order chi connectivity index (χ0) is 21.8. The smallest absolute Gasteiger partial charge is 0.271 e. The quantitative estimate of drug-likeness (QED) is 0.285. The Labute approximate surface area is 176 Å². The Balaban J connectivity index is 1.54.